The predicted octanol–water partition coefficient (Wildman–Crippen LogP) is 2.99. The number of nitrogens with one attached hydrogen (secondary N) is 1. The third-order valence-electron chi connectivity index (χ3n) is 3.63. The SMILES string of the molecule is Cn1cccc1/C=N/NC(=O)c1cnn(-c2ccccc2)c1C(F)(F)F. The molecule has 2 heterocycles. The molecule has 0 spiro atoms. The number of hydrogen-bond acceptors (Lipinski definition) is 3. The molecule has 0 aliphatic carbocycles. The summed E-state index contributed by atoms with van der Waals surface area (Å²) in [6.07, 6.45) is -0.772. The van der Waals surface area contributed by atoms with E-state index in [2.05, 4.69) is 15.6 Å². The van der Waals surface area contributed by atoms with Crippen molar-refractivity contribution in [2.24, 2.45) is 12.1 Å². The lowest BCUT2D eigenvalue weighted by molar-refractivity contribution is -0.143. The van der Waals surface area contributed by atoms with E-state index in [9.17, 15) is 18.0 Å². The van der Waals surface area contributed by atoms with Crippen molar-refractivity contribution in [3.63, 3.8) is 0 Å². The summed E-state index contributed by atoms with van der Waals surface area (Å²) in [6, 6.07) is 11.3. The van der Waals surface area contributed by atoms with E-state index in [1.807, 2.05) is 0 Å². The summed E-state index contributed by atoms with van der Waals surface area (Å²) in [4.78, 5) is 12.2. The van der Waals surface area contributed by atoms with Gasteiger partial charge in [0.05, 0.1) is 29.4 Å². The monoisotopic (exact) mass is 361 g/mol. The standard InChI is InChI=1S/C17H14F3N5O/c1-24-9-5-8-13(24)10-21-23-16(26)14-11-22-25(15(14)17(18,19)20)12-6-3-2-4-7-12/h2-11H,1H3,(H,23,26)/b21-10+. The van der Waals surface area contributed by atoms with Gasteiger partial charge in [-0.05, 0) is 24.3 Å². The van der Waals surface area contributed by atoms with Crippen LogP contribution in [0.25, 0.3) is 5.69 Å². The van der Waals surface area contributed by atoms with E-state index in [1.54, 1.807) is 48.1 Å². The highest BCUT2D eigenvalue weighted by molar-refractivity contribution is 5.96. The van der Waals surface area contributed by atoms with Crippen LogP contribution in [0.1, 0.15) is 21.7 Å². The maximum atomic E-state index is 13.5. The van der Waals surface area contributed by atoms with Crippen LogP contribution in [0.3, 0.4) is 0 Å². The zero-order chi connectivity index (χ0) is 18.7. The lowest BCUT2D eigenvalue weighted by Crippen LogP contribution is -2.23. The maximum absolute atomic E-state index is 13.5. The van der Waals surface area contributed by atoms with E-state index in [1.165, 1.54) is 18.3 Å². The number of halogens is 3. The third kappa shape index (κ3) is 3.51. The first-order valence-electron chi connectivity index (χ1n) is 7.53. The van der Waals surface area contributed by atoms with Gasteiger partial charge in [0, 0.05) is 13.2 Å². The second-order valence-electron chi connectivity index (χ2n) is 5.40. The fourth-order valence-electron chi connectivity index (χ4n) is 2.38. The topological polar surface area (TPSA) is 64.2 Å². The molecule has 0 unspecified atom stereocenters. The van der Waals surface area contributed by atoms with E-state index in [0.29, 0.717) is 10.4 Å². The molecule has 6 nitrogen and oxygen atoms in total. The number of alkyl halides is 3. The van der Waals surface area contributed by atoms with Crippen molar-refractivity contribution in [2.75, 3.05) is 0 Å². The van der Waals surface area contributed by atoms with Crippen LogP contribution in [0.5, 0.6) is 0 Å². The van der Waals surface area contributed by atoms with Gasteiger partial charge in [0.2, 0.25) is 0 Å². The molecule has 134 valence electrons. The highest BCUT2D eigenvalue weighted by Gasteiger charge is 2.40. The maximum Gasteiger partial charge on any atom is 0.434 e. The summed E-state index contributed by atoms with van der Waals surface area (Å²) < 4.78 is 42.9. The van der Waals surface area contributed by atoms with Crippen molar-refractivity contribution in [2.45, 2.75) is 6.18 Å². The molecule has 0 bridgehead atoms. The molecule has 1 aromatic carbocycles. The Morgan fingerprint density at radius 3 is 2.54 bits per heavy atom. The number of aromatic nitrogens is 3. The highest BCUT2D eigenvalue weighted by Crippen LogP contribution is 2.33. The molecular weight excluding hydrogens is 347 g/mol. The van der Waals surface area contributed by atoms with E-state index >= 15 is 0 Å². The van der Waals surface area contributed by atoms with Crippen LogP contribution in [0.2, 0.25) is 0 Å². The van der Waals surface area contributed by atoms with Gasteiger partial charge in [-0.3, -0.25) is 4.79 Å². The molecule has 0 fully saturated rings. The average molecular weight is 361 g/mol. The molecule has 0 saturated carbocycles. The predicted molar refractivity (Wildman–Crippen MR) is 89.0 cm³/mol. The Morgan fingerprint density at radius 2 is 1.92 bits per heavy atom. The number of carbonyl (C=O) groups is 1. The van der Waals surface area contributed by atoms with Gasteiger partial charge in [-0.25, -0.2) is 10.1 Å². The zero-order valence-electron chi connectivity index (χ0n) is 13.6. The van der Waals surface area contributed by atoms with Gasteiger partial charge in [-0.15, -0.1) is 0 Å². The molecule has 0 radical (unpaired) electrons. The molecule has 26 heavy (non-hydrogen) atoms. The number of hydrogen-bond donors (Lipinski definition) is 1. The van der Waals surface area contributed by atoms with Crippen LogP contribution < -0.4 is 5.43 Å². The average Bonchev–Trinajstić information content (AvgIpc) is 3.22. The lowest BCUT2D eigenvalue weighted by Gasteiger charge is -2.12. The number of benzene rings is 1. The highest BCUT2D eigenvalue weighted by atomic mass is 19.4. The number of para-hydroxylation sites is 1. The molecular formula is C17H14F3N5O. The van der Waals surface area contributed by atoms with Crippen molar-refractivity contribution < 1.29 is 18.0 Å². The van der Waals surface area contributed by atoms with Crippen LogP contribution in [0.4, 0.5) is 13.2 Å². The molecule has 3 aromatic rings. The van der Waals surface area contributed by atoms with Crippen LogP contribution in [0.15, 0.2) is 60.0 Å². The quantitative estimate of drug-likeness (QED) is 0.574. The first-order valence-corrected chi connectivity index (χ1v) is 7.53. The lowest BCUT2D eigenvalue weighted by atomic mass is 10.2. The van der Waals surface area contributed by atoms with Crippen molar-refractivity contribution in [1.29, 1.82) is 0 Å². The number of amides is 1. The van der Waals surface area contributed by atoms with E-state index < -0.39 is 23.3 Å². The van der Waals surface area contributed by atoms with Crippen LogP contribution in [0, 0.1) is 0 Å². The van der Waals surface area contributed by atoms with Gasteiger partial charge in [0.15, 0.2) is 5.69 Å². The minimum absolute atomic E-state index is 0.200. The van der Waals surface area contributed by atoms with Gasteiger partial charge in [-0.2, -0.15) is 23.4 Å². The number of rotatable bonds is 4. The summed E-state index contributed by atoms with van der Waals surface area (Å²) in [5.74, 6) is -0.995. The minimum atomic E-state index is -4.76. The molecule has 9 heteroatoms. The van der Waals surface area contributed by atoms with Gasteiger partial charge >= 0.3 is 6.18 Å². The smallest absolute Gasteiger partial charge is 0.350 e. The van der Waals surface area contributed by atoms with Crippen molar-refractivity contribution in [3.05, 3.63) is 71.8 Å². The molecule has 0 atom stereocenters. The minimum Gasteiger partial charge on any atom is -0.350 e. The summed E-state index contributed by atoms with van der Waals surface area (Å²) in [5, 5.41) is 7.43. The van der Waals surface area contributed by atoms with Gasteiger partial charge < -0.3 is 4.57 Å². The first-order chi connectivity index (χ1) is 12.4. The Bertz CT molecular complexity index is 941. The number of hydrazone groups is 1. The van der Waals surface area contributed by atoms with E-state index in [0.717, 1.165) is 6.20 Å². The number of aryl methyl sites for hydroxylation is 1. The zero-order valence-corrected chi connectivity index (χ0v) is 13.6. The second kappa shape index (κ2) is 6.87. The Labute approximate surface area is 146 Å². The number of nitrogens with zero attached hydrogens (tertiary/aromatic N) is 4. The second-order valence-corrected chi connectivity index (χ2v) is 5.40. The van der Waals surface area contributed by atoms with Crippen LogP contribution in [-0.4, -0.2) is 26.5 Å². The van der Waals surface area contributed by atoms with Crippen LogP contribution >= 0.6 is 0 Å². The van der Waals surface area contributed by atoms with E-state index in [4.69, 9.17) is 0 Å². The molecule has 1 N–H and O–H groups in total. The van der Waals surface area contributed by atoms with Crippen molar-refractivity contribution >= 4 is 12.1 Å². The Morgan fingerprint density at radius 1 is 1.19 bits per heavy atom. The number of carbonyl (C=O) groups excluding carboxylic acids is 1. The summed E-state index contributed by atoms with van der Waals surface area (Å²) >= 11 is 0. The van der Waals surface area contributed by atoms with Crippen LogP contribution in [-0.2, 0) is 13.2 Å². The normalized spacial score (nSPS) is 11.8. The third-order valence-corrected chi connectivity index (χ3v) is 3.63. The Hall–Kier alpha value is -3.36. The molecule has 0 saturated heterocycles. The molecule has 0 aliphatic rings. The van der Waals surface area contributed by atoms with Crippen molar-refractivity contribution in [1.82, 2.24) is 19.8 Å². The molecule has 0 aliphatic heterocycles. The summed E-state index contributed by atoms with van der Waals surface area (Å²) in [7, 11) is 1.77. The van der Waals surface area contributed by atoms with Gasteiger partial charge in [0.1, 0.15) is 0 Å². The Kier molecular flexibility index (Phi) is 4.61. The first kappa shape index (κ1) is 17.5. The van der Waals surface area contributed by atoms with Gasteiger partial charge in [0.25, 0.3) is 5.91 Å². The molecule has 2 aromatic heterocycles. The van der Waals surface area contributed by atoms with Gasteiger partial charge in [-0.1, -0.05) is 18.2 Å². The summed E-state index contributed by atoms with van der Waals surface area (Å²) in [5.41, 5.74) is 1.22. The fourth-order valence-corrected chi connectivity index (χ4v) is 2.38. The Balaban J connectivity index is 1.90. The fraction of sp³-hybridized carbons (Fsp3) is 0.118. The molecule has 1 amide bonds. The summed E-state index contributed by atoms with van der Waals surface area (Å²) in [6.45, 7) is 0. The molecule has 3 rings (SSSR count). The van der Waals surface area contributed by atoms with Crippen molar-refractivity contribution in [3.8, 4) is 5.69 Å². The van der Waals surface area contributed by atoms with E-state index in [-0.39, 0.29) is 5.69 Å². The largest absolute Gasteiger partial charge is 0.434 e.